The van der Waals surface area contributed by atoms with Crippen LogP contribution in [-0.2, 0) is 4.74 Å². The maximum absolute atomic E-state index is 11.0. The minimum absolute atomic E-state index is 0.207. The van der Waals surface area contributed by atoms with E-state index in [-0.39, 0.29) is 6.04 Å². The van der Waals surface area contributed by atoms with Crippen LogP contribution in [0.1, 0.15) is 25.5 Å². The zero-order valence-corrected chi connectivity index (χ0v) is 12.4. The first-order valence-electron chi connectivity index (χ1n) is 6.40. The molecular formula is C14H21ClN2O2. The second-order valence-corrected chi connectivity index (χ2v) is 4.65. The molecule has 0 saturated carbocycles. The smallest absolute Gasteiger partial charge is 0.406 e. The van der Waals surface area contributed by atoms with Crippen molar-refractivity contribution in [3.8, 4) is 0 Å². The van der Waals surface area contributed by atoms with E-state index in [0.717, 1.165) is 23.7 Å². The van der Waals surface area contributed by atoms with Crippen molar-refractivity contribution in [3.63, 3.8) is 0 Å². The van der Waals surface area contributed by atoms with Gasteiger partial charge in [0.05, 0.1) is 7.11 Å². The van der Waals surface area contributed by atoms with E-state index in [2.05, 4.69) is 28.8 Å². The first-order valence-corrected chi connectivity index (χ1v) is 6.78. The number of alkyl carbamates (subject to hydrolysis) is 1. The Bertz CT molecular complexity index is 412. The lowest BCUT2D eigenvalue weighted by atomic mass is 10.1. The molecule has 0 aliphatic carbocycles. The molecule has 0 spiro atoms. The highest BCUT2D eigenvalue weighted by Crippen LogP contribution is 2.26. The number of ether oxygens (including phenoxy) is 1. The van der Waals surface area contributed by atoms with Gasteiger partial charge in [-0.1, -0.05) is 36.7 Å². The molecule has 0 saturated heterocycles. The third-order valence-electron chi connectivity index (χ3n) is 3.16. The Morgan fingerprint density at radius 2 is 2.16 bits per heavy atom. The third kappa shape index (κ3) is 4.73. The molecule has 1 aromatic rings. The summed E-state index contributed by atoms with van der Waals surface area (Å²) in [6.45, 7) is 6.39. The summed E-state index contributed by atoms with van der Waals surface area (Å²) >= 11 is 6.21. The Morgan fingerprint density at radius 1 is 1.47 bits per heavy atom. The highest BCUT2D eigenvalue weighted by molar-refractivity contribution is 6.31. The van der Waals surface area contributed by atoms with Crippen molar-refractivity contribution in [1.29, 1.82) is 0 Å². The molecule has 0 bridgehead atoms. The number of carbonyl (C=O) groups excluding carboxylic acids is 1. The van der Waals surface area contributed by atoms with Crippen LogP contribution in [0.25, 0.3) is 0 Å². The molecule has 19 heavy (non-hydrogen) atoms. The van der Waals surface area contributed by atoms with Gasteiger partial charge in [-0.25, -0.2) is 4.79 Å². The standard InChI is InChI=1S/C14H21ClN2O2/c1-4-17(10-9-16-14(18)19-3)11(2)12-7-5-6-8-13(12)15/h5-8,11H,4,9-10H2,1-3H3,(H,16,18). The molecule has 1 unspecified atom stereocenters. The molecule has 1 atom stereocenters. The first-order chi connectivity index (χ1) is 9.10. The molecule has 0 fully saturated rings. The molecule has 5 heteroatoms. The summed E-state index contributed by atoms with van der Waals surface area (Å²) in [6.07, 6.45) is -0.401. The molecule has 0 radical (unpaired) electrons. The van der Waals surface area contributed by atoms with Crippen molar-refractivity contribution < 1.29 is 9.53 Å². The Labute approximate surface area is 119 Å². The second kappa shape index (κ2) is 8.02. The summed E-state index contributed by atoms with van der Waals surface area (Å²) in [5.74, 6) is 0. The fourth-order valence-corrected chi connectivity index (χ4v) is 2.30. The lowest BCUT2D eigenvalue weighted by Gasteiger charge is -2.28. The average Bonchev–Trinajstić information content (AvgIpc) is 2.43. The minimum Gasteiger partial charge on any atom is -0.453 e. The topological polar surface area (TPSA) is 41.6 Å². The van der Waals surface area contributed by atoms with Crippen LogP contribution in [0.5, 0.6) is 0 Å². The van der Waals surface area contributed by atoms with Crippen LogP contribution < -0.4 is 5.32 Å². The van der Waals surface area contributed by atoms with Gasteiger partial charge in [-0.05, 0) is 25.1 Å². The predicted octanol–water partition coefficient (Wildman–Crippen LogP) is 3.08. The summed E-state index contributed by atoms with van der Waals surface area (Å²) in [5.41, 5.74) is 1.10. The van der Waals surface area contributed by atoms with E-state index in [1.165, 1.54) is 7.11 Å². The zero-order valence-electron chi connectivity index (χ0n) is 11.6. The van der Waals surface area contributed by atoms with E-state index in [4.69, 9.17) is 11.6 Å². The molecule has 1 rings (SSSR count). The number of amides is 1. The van der Waals surface area contributed by atoms with Crippen molar-refractivity contribution in [1.82, 2.24) is 10.2 Å². The number of nitrogens with one attached hydrogen (secondary N) is 1. The van der Waals surface area contributed by atoms with Gasteiger partial charge in [-0.15, -0.1) is 0 Å². The maximum Gasteiger partial charge on any atom is 0.406 e. The van der Waals surface area contributed by atoms with Crippen LogP contribution >= 0.6 is 11.6 Å². The third-order valence-corrected chi connectivity index (χ3v) is 3.51. The van der Waals surface area contributed by atoms with Gasteiger partial charge in [0, 0.05) is 24.2 Å². The summed E-state index contributed by atoms with van der Waals surface area (Å²) in [7, 11) is 1.36. The van der Waals surface area contributed by atoms with Crippen molar-refractivity contribution >= 4 is 17.7 Å². The van der Waals surface area contributed by atoms with E-state index in [9.17, 15) is 4.79 Å². The number of halogens is 1. The SMILES string of the molecule is CCN(CCNC(=O)OC)C(C)c1ccccc1Cl. The molecule has 1 amide bonds. The number of nitrogens with zero attached hydrogens (tertiary/aromatic N) is 1. The molecular weight excluding hydrogens is 264 g/mol. The number of carbonyl (C=O) groups is 1. The highest BCUT2D eigenvalue weighted by atomic mass is 35.5. The Morgan fingerprint density at radius 3 is 2.74 bits per heavy atom. The van der Waals surface area contributed by atoms with E-state index < -0.39 is 6.09 Å². The van der Waals surface area contributed by atoms with Crippen LogP contribution in [0.3, 0.4) is 0 Å². The number of likely N-dealkylation sites (N-methyl/N-ethyl adjacent to an activating group) is 1. The van der Waals surface area contributed by atoms with Gasteiger partial charge in [0.25, 0.3) is 0 Å². The van der Waals surface area contributed by atoms with Gasteiger partial charge in [0.2, 0.25) is 0 Å². The largest absolute Gasteiger partial charge is 0.453 e. The van der Waals surface area contributed by atoms with Crippen molar-refractivity contribution in [3.05, 3.63) is 34.9 Å². The normalized spacial score (nSPS) is 12.3. The van der Waals surface area contributed by atoms with Gasteiger partial charge in [0.1, 0.15) is 0 Å². The monoisotopic (exact) mass is 284 g/mol. The van der Waals surface area contributed by atoms with E-state index in [1.54, 1.807) is 0 Å². The van der Waals surface area contributed by atoms with Crippen LogP contribution in [0.15, 0.2) is 24.3 Å². The maximum atomic E-state index is 11.0. The van der Waals surface area contributed by atoms with Gasteiger partial charge in [-0.2, -0.15) is 0 Å². The number of hydrogen-bond donors (Lipinski definition) is 1. The molecule has 0 aromatic heterocycles. The Hall–Kier alpha value is -1.26. The second-order valence-electron chi connectivity index (χ2n) is 4.24. The fourth-order valence-electron chi connectivity index (χ4n) is 2.01. The van der Waals surface area contributed by atoms with Crippen LogP contribution in [0, 0.1) is 0 Å². The van der Waals surface area contributed by atoms with Crippen LogP contribution in [0.2, 0.25) is 5.02 Å². The highest BCUT2D eigenvalue weighted by Gasteiger charge is 2.16. The summed E-state index contributed by atoms with van der Waals surface area (Å²) in [4.78, 5) is 13.2. The van der Waals surface area contributed by atoms with Gasteiger partial charge in [0.15, 0.2) is 0 Å². The lowest BCUT2D eigenvalue weighted by Crippen LogP contribution is -2.36. The molecule has 106 valence electrons. The predicted molar refractivity (Wildman–Crippen MR) is 77.5 cm³/mol. The summed E-state index contributed by atoms with van der Waals surface area (Å²) in [5, 5.41) is 3.45. The van der Waals surface area contributed by atoms with Crippen LogP contribution in [0.4, 0.5) is 4.79 Å². The van der Waals surface area contributed by atoms with E-state index >= 15 is 0 Å². The quantitative estimate of drug-likeness (QED) is 0.873. The van der Waals surface area contributed by atoms with E-state index in [0.29, 0.717) is 6.54 Å². The Balaban J connectivity index is 2.59. The van der Waals surface area contributed by atoms with Gasteiger partial charge < -0.3 is 10.1 Å². The van der Waals surface area contributed by atoms with Gasteiger partial charge in [-0.3, -0.25) is 4.90 Å². The fraction of sp³-hybridized carbons (Fsp3) is 0.500. The van der Waals surface area contributed by atoms with Gasteiger partial charge >= 0.3 is 6.09 Å². The van der Waals surface area contributed by atoms with Crippen molar-refractivity contribution in [2.24, 2.45) is 0 Å². The molecule has 0 aliphatic heterocycles. The number of methoxy groups -OCH3 is 1. The van der Waals surface area contributed by atoms with E-state index in [1.807, 2.05) is 24.3 Å². The number of benzene rings is 1. The molecule has 0 heterocycles. The van der Waals surface area contributed by atoms with Crippen molar-refractivity contribution in [2.45, 2.75) is 19.9 Å². The number of rotatable bonds is 6. The minimum atomic E-state index is -0.401. The molecule has 4 nitrogen and oxygen atoms in total. The number of hydrogen-bond acceptors (Lipinski definition) is 3. The molecule has 1 aromatic carbocycles. The lowest BCUT2D eigenvalue weighted by molar-refractivity contribution is 0.165. The molecule has 1 N–H and O–H groups in total. The van der Waals surface area contributed by atoms with Crippen molar-refractivity contribution in [2.75, 3.05) is 26.7 Å². The average molecular weight is 285 g/mol. The summed E-state index contributed by atoms with van der Waals surface area (Å²) < 4.78 is 4.54. The van der Waals surface area contributed by atoms with Crippen LogP contribution in [-0.4, -0.2) is 37.7 Å². The molecule has 0 aliphatic rings. The summed E-state index contributed by atoms with van der Waals surface area (Å²) in [6, 6.07) is 8.04. The zero-order chi connectivity index (χ0) is 14.3. The first kappa shape index (κ1) is 15.8. The Kier molecular flexibility index (Phi) is 6.67.